The standard InChI is InChI=1S/C19H30N2/c1-14(2)21-12-4-3-5-18(13-20)19(21)17-10-8-16(9-11-17)15-6-7-15/h8-11,14-15,18-19H,3-7,12-13,20H2,1-2H3. The van der Waals surface area contributed by atoms with E-state index < -0.39 is 0 Å². The van der Waals surface area contributed by atoms with Gasteiger partial charge in [0.15, 0.2) is 0 Å². The molecule has 2 atom stereocenters. The van der Waals surface area contributed by atoms with Gasteiger partial charge in [-0.2, -0.15) is 0 Å². The smallest absolute Gasteiger partial charge is 0.0391 e. The van der Waals surface area contributed by atoms with Crippen molar-refractivity contribution in [2.75, 3.05) is 13.1 Å². The van der Waals surface area contributed by atoms with E-state index in [9.17, 15) is 0 Å². The number of benzene rings is 1. The van der Waals surface area contributed by atoms with Crippen molar-refractivity contribution < 1.29 is 0 Å². The second-order valence-corrected chi connectivity index (χ2v) is 7.21. The number of hydrogen-bond donors (Lipinski definition) is 1. The molecular weight excluding hydrogens is 256 g/mol. The molecular formula is C19H30N2. The fourth-order valence-electron chi connectivity index (χ4n) is 3.94. The minimum atomic E-state index is 0.505. The summed E-state index contributed by atoms with van der Waals surface area (Å²) < 4.78 is 0. The van der Waals surface area contributed by atoms with E-state index in [1.807, 2.05) is 0 Å². The minimum absolute atomic E-state index is 0.505. The van der Waals surface area contributed by atoms with Crippen LogP contribution in [0.1, 0.15) is 69.0 Å². The monoisotopic (exact) mass is 286 g/mol. The molecule has 1 aromatic carbocycles. The molecule has 0 spiro atoms. The maximum absolute atomic E-state index is 6.12. The third kappa shape index (κ3) is 3.32. The highest BCUT2D eigenvalue weighted by molar-refractivity contribution is 5.30. The molecule has 2 heteroatoms. The zero-order valence-corrected chi connectivity index (χ0v) is 13.6. The molecule has 0 bridgehead atoms. The maximum Gasteiger partial charge on any atom is 0.0391 e. The first kappa shape index (κ1) is 15.1. The van der Waals surface area contributed by atoms with Gasteiger partial charge < -0.3 is 5.73 Å². The zero-order chi connectivity index (χ0) is 14.8. The summed E-state index contributed by atoms with van der Waals surface area (Å²) in [6, 6.07) is 10.6. The third-order valence-electron chi connectivity index (χ3n) is 5.34. The number of rotatable bonds is 4. The molecule has 1 saturated heterocycles. The molecule has 0 aromatic heterocycles. The predicted molar refractivity (Wildman–Crippen MR) is 89.4 cm³/mol. The molecule has 2 aliphatic rings. The molecule has 0 radical (unpaired) electrons. The first-order valence-electron chi connectivity index (χ1n) is 8.76. The maximum atomic E-state index is 6.12. The summed E-state index contributed by atoms with van der Waals surface area (Å²) in [5.41, 5.74) is 9.14. The molecule has 1 aromatic rings. The van der Waals surface area contributed by atoms with E-state index >= 15 is 0 Å². The molecule has 2 fully saturated rings. The van der Waals surface area contributed by atoms with Gasteiger partial charge in [-0.15, -0.1) is 0 Å². The molecule has 2 N–H and O–H groups in total. The van der Waals surface area contributed by atoms with Crippen LogP contribution >= 0.6 is 0 Å². The summed E-state index contributed by atoms with van der Waals surface area (Å²) in [6.07, 6.45) is 6.67. The van der Waals surface area contributed by atoms with E-state index in [1.165, 1.54) is 49.8 Å². The van der Waals surface area contributed by atoms with Crippen molar-refractivity contribution in [2.24, 2.45) is 11.7 Å². The normalized spacial score (nSPS) is 27.8. The van der Waals surface area contributed by atoms with Gasteiger partial charge in [-0.05, 0) is 75.6 Å². The van der Waals surface area contributed by atoms with E-state index in [-0.39, 0.29) is 0 Å². The average molecular weight is 286 g/mol. The summed E-state index contributed by atoms with van der Waals surface area (Å²) in [5.74, 6) is 1.45. The molecule has 2 unspecified atom stereocenters. The summed E-state index contributed by atoms with van der Waals surface area (Å²) in [5, 5.41) is 0. The molecule has 1 aliphatic carbocycles. The van der Waals surface area contributed by atoms with Crippen LogP contribution in [0.15, 0.2) is 24.3 Å². The van der Waals surface area contributed by atoms with Crippen LogP contribution in [0.3, 0.4) is 0 Å². The van der Waals surface area contributed by atoms with Crippen LogP contribution < -0.4 is 5.73 Å². The summed E-state index contributed by atoms with van der Waals surface area (Å²) in [4.78, 5) is 2.68. The second-order valence-electron chi connectivity index (χ2n) is 7.21. The Morgan fingerprint density at radius 2 is 1.71 bits per heavy atom. The summed E-state index contributed by atoms with van der Waals surface area (Å²) >= 11 is 0. The Hall–Kier alpha value is -0.860. The molecule has 116 valence electrons. The fraction of sp³-hybridized carbons (Fsp3) is 0.684. The van der Waals surface area contributed by atoms with Gasteiger partial charge in [0.25, 0.3) is 0 Å². The van der Waals surface area contributed by atoms with Crippen molar-refractivity contribution in [1.82, 2.24) is 4.90 Å². The lowest BCUT2D eigenvalue weighted by Gasteiger charge is -2.38. The first-order chi connectivity index (χ1) is 10.2. The van der Waals surface area contributed by atoms with Crippen LogP contribution in [-0.2, 0) is 0 Å². The highest BCUT2D eigenvalue weighted by atomic mass is 15.2. The molecule has 2 nitrogen and oxygen atoms in total. The zero-order valence-electron chi connectivity index (χ0n) is 13.6. The van der Waals surface area contributed by atoms with Crippen molar-refractivity contribution in [3.8, 4) is 0 Å². The quantitative estimate of drug-likeness (QED) is 0.904. The number of nitrogens with zero attached hydrogens (tertiary/aromatic N) is 1. The van der Waals surface area contributed by atoms with Gasteiger partial charge in [-0.25, -0.2) is 0 Å². The van der Waals surface area contributed by atoms with E-state index in [0.29, 0.717) is 18.0 Å². The highest BCUT2D eigenvalue weighted by Gasteiger charge is 2.32. The molecule has 3 rings (SSSR count). The van der Waals surface area contributed by atoms with Gasteiger partial charge in [0.05, 0.1) is 0 Å². The molecule has 1 heterocycles. The van der Waals surface area contributed by atoms with Crippen molar-refractivity contribution in [3.05, 3.63) is 35.4 Å². The number of nitrogens with two attached hydrogens (primary N) is 1. The Labute approximate surface area is 129 Å². The lowest BCUT2D eigenvalue weighted by molar-refractivity contribution is 0.121. The van der Waals surface area contributed by atoms with Crippen LogP contribution in [0.5, 0.6) is 0 Å². The van der Waals surface area contributed by atoms with Gasteiger partial charge in [0.1, 0.15) is 0 Å². The third-order valence-corrected chi connectivity index (χ3v) is 5.34. The van der Waals surface area contributed by atoms with Gasteiger partial charge in [-0.1, -0.05) is 30.7 Å². The van der Waals surface area contributed by atoms with Crippen molar-refractivity contribution in [3.63, 3.8) is 0 Å². The largest absolute Gasteiger partial charge is 0.330 e. The van der Waals surface area contributed by atoms with E-state index in [0.717, 1.165) is 12.5 Å². The molecule has 0 amide bonds. The van der Waals surface area contributed by atoms with Gasteiger partial charge in [0.2, 0.25) is 0 Å². The predicted octanol–water partition coefficient (Wildman–Crippen LogP) is 4.07. The molecule has 21 heavy (non-hydrogen) atoms. The fourth-order valence-corrected chi connectivity index (χ4v) is 3.94. The lowest BCUT2D eigenvalue weighted by atomic mass is 9.88. The minimum Gasteiger partial charge on any atom is -0.330 e. The van der Waals surface area contributed by atoms with E-state index in [2.05, 4.69) is 43.0 Å². The Kier molecular flexibility index (Phi) is 4.66. The Morgan fingerprint density at radius 3 is 2.29 bits per heavy atom. The van der Waals surface area contributed by atoms with Crippen LogP contribution in [0.2, 0.25) is 0 Å². The van der Waals surface area contributed by atoms with Crippen molar-refractivity contribution in [2.45, 2.75) is 64.0 Å². The Balaban J connectivity index is 1.88. The Bertz CT molecular complexity index is 447. The Morgan fingerprint density at radius 1 is 1.05 bits per heavy atom. The summed E-state index contributed by atoms with van der Waals surface area (Å²) in [7, 11) is 0. The van der Waals surface area contributed by atoms with Crippen LogP contribution in [0.4, 0.5) is 0 Å². The topological polar surface area (TPSA) is 29.3 Å². The van der Waals surface area contributed by atoms with Crippen LogP contribution in [0.25, 0.3) is 0 Å². The lowest BCUT2D eigenvalue weighted by Crippen LogP contribution is -2.39. The summed E-state index contributed by atoms with van der Waals surface area (Å²) in [6.45, 7) is 6.66. The second kappa shape index (κ2) is 6.50. The van der Waals surface area contributed by atoms with Crippen molar-refractivity contribution >= 4 is 0 Å². The average Bonchev–Trinajstić information content (AvgIpc) is 3.33. The molecule has 1 aliphatic heterocycles. The van der Waals surface area contributed by atoms with Crippen molar-refractivity contribution in [1.29, 1.82) is 0 Å². The van der Waals surface area contributed by atoms with Crippen LogP contribution in [-0.4, -0.2) is 24.0 Å². The SMILES string of the molecule is CC(C)N1CCCCC(CN)C1c1ccc(C2CC2)cc1. The number of likely N-dealkylation sites (tertiary alicyclic amines) is 1. The van der Waals surface area contributed by atoms with E-state index in [4.69, 9.17) is 5.73 Å². The van der Waals surface area contributed by atoms with Gasteiger partial charge >= 0.3 is 0 Å². The first-order valence-corrected chi connectivity index (χ1v) is 8.76. The van der Waals surface area contributed by atoms with E-state index in [1.54, 1.807) is 0 Å². The number of hydrogen-bond acceptors (Lipinski definition) is 2. The highest BCUT2D eigenvalue weighted by Crippen LogP contribution is 2.41. The van der Waals surface area contributed by atoms with Gasteiger partial charge in [0, 0.05) is 12.1 Å². The van der Waals surface area contributed by atoms with Crippen LogP contribution in [0, 0.1) is 5.92 Å². The van der Waals surface area contributed by atoms with Gasteiger partial charge in [-0.3, -0.25) is 4.90 Å². The molecule has 1 saturated carbocycles.